The number of anilines is 1. The number of hydrogen-bond acceptors (Lipinski definition) is 5. The van der Waals surface area contributed by atoms with Crippen LogP contribution in [0.5, 0.6) is 0 Å². The zero-order valence-corrected chi connectivity index (χ0v) is 23.8. The molecule has 9 heteroatoms. The molecule has 0 radical (unpaired) electrons. The first kappa shape index (κ1) is 26.9. The fourth-order valence-electron chi connectivity index (χ4n) is 5.41. The molecule has 2 aliphatic heterocycles. The third-order valence-corrected chi connectivity index (χ3v) is 9.52. The van der Waals surface area contributed by atoms with Crippen molar-refractivity contribution in [3.63, 3.8) is 0 Å². The van der Waals surface area contributed by atoms with Crippen LogP contribution >= 0.6 is 0 Å². The number of likely N-dealkylation sites (N-methyl/N-ethyl adjacent to an activating group) is 1. The Balaban J connectivity index is 1.48. The molecule has 3 aromatic rings. The van der Waals surface area contributed by atoms with E-state index in [-0.39, 0.29) is 22.5 Å². The van der Waals surface area contributed by atoms with Crippen LogP contribution < -0.4 is 5.32 Å². The van der Waals surface area contributed by atoms with E-state index < -0.39 is 9.84 Å². The highest BCUT2D eigenvalue weighted by Gasteiger charge is 2.29. The number of hydrogen-bond donors (Lipinski definition) is 2. The van der Waals surface area contributed by atoms with Gasteiger partial charge in [-0.1, -0.05) is 18.2 Å². The van der Waals surface area contributed by atoms with E-state index in [1.807, 2.05) is 57.8 Å². The molecule has 0 atom stereocenters. The second kappa shape index (κ2) is 10.1. The first-order chi connectivity index (χ1) is 18.5. The van der Waals surface area contributed by atoms with Gasteiger partial charge in [0.25, 0.3) is 11.8 Å². The number of H-pyrrole nitrogens is 1. The number of benzene rings is 2. The van der Waals surface area contributed by atoms with Crippen molar-refractivity contribution >= 4 is 39.0 Å². The molecule has 0 saturated carbocycles. The van der Waals surface area contributed by atoms with Gasteiger partial charge in [-0.25, -0.2) is 8.42 Å². The molecule has 3 heterocycles. The van der Waals surface area contributed by atoms with Gasteiger partial charge in [0.2, 0.25) is 0 Å². The van der Waals surface area contributed by atoms with Crippen molar-refractivity contribution in [1.29, 1.82) is 0 Å². The summed E-state index contributed by atoms with van der Waals surface area (Å²) in [5, 5.41) is 2.84. The van der Waals surface area contributed by atoms with Gasteiger partial charge < -0.3 is 20.1 Å². The van der Waals surface area contributed by atoms with Gasteiger partial charge in [-0.3, -0.25) is 9.59 Å². The van der Waals surface area contributed by atoms with Crippen LogP contribution in [0.4, 0.5) is 5.69 Å². The van der Waals surface area contributed by atoms with Gasteiger partial charge in [0.05, 0.1) is 21.8 Å². The number of carbonyl (C=O) groups is 2. The van der Waals surface area contributed by atoms with Crippen LogP contribution in [0.25, 0.3) is 11.6 Å². The smallest absolute Gasteiger partial charge is 0.256 e. The topological polar surface area (TPSA) is 103 Å². The van der Waals surface area contributed by atoms with Crippen molar-refractivity contribution in [2.45, 2.75) is 38.3 Å². The number of aromatic amines is 1. The second-order valence-corrected chi connectivity index (χ2v) is 12.6. The lowest BCUT2D eigenvalue weighted by Gasteiger charge is -2.32. The summed E-state index contributed by atoms with van der Waals surface area (Å²) in [6, 6.07) is 10.5. The highest BCUT2D eigenvalue weighted by Crippen LogP contribution is 2.36. The van der Waals surface area contributed by atoms with Crippen LogP contribution in [0, 0.1) is 27.7 Å². The number of piperazine rings is 1. The Morgan fingerprint density at radius 3 is 2.33 bits per heavy atom. The summed E-state index contributed by atoms with van der Waals surface area (Å²) in [5.74, 6) is -0.444. The number of aryl methyl sites for hydroxylation is 3. The molecule has 2 aliphatic rings. The minimum Gasteiger partial charge on any atom is -0.358 e. The number of rotatable bonds is 5. The largest absolute Gasteiger partial charge is 0.358 e. The Bertz CT molecular complexity index is 1610. The third-order valence-electron chi connectivity index (χ3n) is 7.88. The molecule has 0 unspecified atom stereocenters. The molecule has 2 N–H and O–H groups in total. The lowest BCUT2D eigenvalue weighted by molar-refractivity contribution is -0.110. The van der Waals surface area contributed by atoms with E-state index in [9.17, 15) is 18.0 Å². The molecule has 1 saturated heterocycles. The number of nitrogens with zero attached hydrogens (tertiary/aromatic N) is 2. The average molecular weight is 547 g/mol. The standard InChI is InChI=1S/C30H34N4O4S/c1-18-7-6-8-19(2)25(18)17-39(37,38)22-9-10-26-23(15-22)24(29(35)32-26)16-27-20(3)28(21(4)31-27)30(36)34-13-11-33(5)12-14-34/h6-10,15-16,31H,11-14,17H2,1-5H3,(H,32,35). The number of nitrogens with one attached hydrogen (secondary N) is 2. The van der Waals surface area contributed by atoms with Crippen LogP contribution in [0.2, 0.25) is 0 Å². The summed E-state index contributed by atoms with van der Waals surface area (Å²) >= 11 is 0. The molecule has 39 heavy (non-hydrogen) atoms. The summed E-state index contributed by atoms with van der Waals surface area (Å²) in [5.41, 5.74) is 6.88. The summed E-state index contributed by atoms with van der Waals surface area (Å²) in [7, 11) is -1.61. The zero-order chi connectivity index (χ0) is 28.1. The average Bonchev–Trinajstić information content (AvgIpc) is 3.35. The predicted molar refractivity (Wildman–Crippen MR) is 153 cm³/mol. The van der Waals surface area contributed by atoms with Crippen LogP contribution in [0.15, 0.2) is 41.3 Å². The predicted octanol–water partition coefficient (Wildman–Crippen LogP) is 4.10. The normalized spacial score (nSPS) is 17.0. The van der Waals surface area contributed by atoms with Crippen molar-refractivity contribution in [3.05, 3.63) is 81.2 Å². The van der Waals surface area contributed by atoms with Crippen LogP contribution in [0.3, 0.4) is 0 Å². The number of fused-ring (bicyclic) bond motifs is 1. The molecule has 0 spiro atoms. The van der Waals surface area contributed by atoms with Gasteiger partial charge in [-0.15, -0.1) is 0 Å². The Labute approximate surface area is 229 Å². The van der Waals surface area contributed by atoms with Crippen LogP contribution in [0.1, 0.15) is 49.6 Å². The van der Waals surface area contributed by atoms with Gasteiger partial charge in [0.15, 0.2) is 9.84 Å². The Morgan fingerprint density at radius 1 is 1.00 bits per heavy atom. The van der Waals surface area contributed by atoms with Crippen molar-refractivity contribution < 1.29 is 18.0 Å². The molecular weight excluding hydrogens is 512 g/mol. The first-order valence-corrected chi connectivity index (χ1v) is 14.7. The van der Waals surface area contributed by atoms with Crippen molar-refractivity contribution in [2.75, 3.05) is 38.5 Å². The molecular formula is C30H34N4O4S. The highest BCUT2D eigenvalue weighted by atomic mass is 32.2. The lowest BCUT2D eigenvalue weighted by atomic mass is 10.0. The molecule has 2 aromatic carbocycles. The lowest BCUT2D eigenvalue weighted by Crippen LogP contribution is -2.47. The molecule has 8 nitrogen and oxygen atoms in total. The number of sulfone groups is 1. The molecule has 2 amide bonds. The van der Waals surface area contributed by atoms with Crippen LogP contribution in [-0.2, 0) is 20.4 Å². The number of aromatic nitrogens is 1. The number of amides is 2. The van der Waals surface area contributed by atoms with E-state index in [0.29, 0.717) is 41.2 Å². The Hall–Kier alpha value is -3.69. The van der Waals surface area contributed by atoms with Gasteiger partial charge in [0.1, 0.15) is 0 Å². The molecule has 5 rings (SSSR count). The molecule has 1 fully saturated rings. The summed E-state index contributed by atoms with van der Waals surface area (Å²) in [6.45, 7) is 10.6. The van der Waals surface area contributed by atoms with Crippen molar-refractivity contribution in [1.82, 2.24) is 14.8 Å². The van der Waals surface area contributed by atoms with Gasteiger partial charge in [-0.05, 0) is 81.3 Å². The maximum atomic E-state index is 13.4. The van der Waals surface area contributed by atoms with Crippen molar-refractivity contribution in [3.8, 4) is 0 Å². The Kier molecular flexibility index (Phi) is 6.99. The minimum atomic E-state index is -3.66. The quantitative estimate of drug-likeness (QED) is 0.469. The molecule has 0 aliphatic carbocycles. The summed E-state index contributed by atoms with van der Waals surface area (Å²) in [4.78, 5) is 33.8. The van der Waals surface area contributed by atoms with E-state index >= 15 is 0 Å². The molecule has 1 aromatic heterocycles. The first-order valence-electron chi connectivity index (χ1n) is 13.1. The fraction of sp³-hybridized carbons (Fsp3) is 0.333. The van der Waals surface area contributed by atoms with Crippen LogP contribution in [-0.4, -0.2) is 68.2 Å². The maximum absolute atomic E-state index is 13.4. The fourth-order valence-corrected chi connectivity index (χ4v) is 6.98. The van der Waals surface area contributed by atoms with Gasteiger partial charge >= 0.3 is 0 Å². The van der Waals surface area contributed by atoms with E-state index in [2.05, 4.69) is 15.2 Å². The summed E-state index contributed by atoms with van der Waals surface area (Å²) in [6.07, 6.45) is 1.71. The minimum absolute atomic E-state index is 0.0184. The van der Waals surface area contributed by atoms with E-state index in [4.69, 9.17) is 0 Å². The highest BCUT2D eigenvalue weighted by molar-refractivity contribution is 7.90. The van der Waals surface area contributed by atoms with Crippen molar-refractivity contribution in [2.24, 2.45) is 0 Å². The molecule has 204 valence electrons. The van der Waals surface area contributed by atoms with E-state index in [1.165, 1.54) is 0 Å². The summed E-state index contributed by atoms with van der Waals surface area (Å²) < 4.78 is 26.8. The maximum Gasteiger partial charge on any atom is 0.256 e. The van der Waals surface area contributed by atoms with Gasteiger partial charge in [-0.2, -0.15) is 0 Å². The Morgan fingerprint density at radius 2 is 1.67 bits per heavy atom. The monoisotopic (exact) mass is 546 g/mol. The third kappa shape index (κ3) is 5.04. The van der Waals surface area contributed by atoms with E-state index in [0.717, 1.165) is 41.0 Å². The second-order valence-electron chi connectivity index (χ2n) is 10.6. The SMILES string of the molecule is Cc1cccc(C)c1CS(=O)(=O)c1ccc2c(c1)C(=Cc1[nH]c(C)c(C(=O)N3CCN(C)CC3)c1C)C(=O)N2. The zero-order valence-electron chi connectivity index (χ0n) is 23.0. The van der Waals surface area contributed by atoms with E-state index in [1.54, 1.807) is 24.3 Å². The number of carbonyl (C=O) groups excluding carboxylic acids is 2. The molecule has 0 bridgehead atoms. The van der Waals surface area contributed by atoms with Gasteiger partial charge in [0, 0.05) is 48.8 Å².